The van der Waals surface area contributed by atoms with E-state index in [0.717, 1.165) is 45.8 Å². The first-order valence-corrected chi connectivity index (χ1v) is 12.8. The smallest absolute Gasteiger partial charge is 0.252 e. The Morgan fingerprint density at radius 2 is 1.94 bits per heavy atom. The van der Waals surface area contributed by atoms with E-state index >= 15 is 0 Å². The summed E-state index contributed by atoms with van der Waals surface area (Å²) in [5.74, 6) is 1.58. The number of para-hydroxylation sites is 1. The van der Waals surface area contributed by atoms with E-state index in [1.54, 1.807) is 30.2 Å². The van der Waals surface area contributed by atoms with Crippen LogP contribution < -0.4 is 10.1 Å². The highest BCUT2D eigenvalue weighted by Gasteiger charge is 2.26. The maximum absolute atomic E-state index is 13.2. The molecular weight excluding hydrogens is 438 g/mol. The molecule has 168 valence electrons. The van der Waals surface area contributed by atoms with Crippen LogP contribution in [0.2, 0.25) is 0 Å². The molecule has 2 heterocycles. The van der Waals surface area contributed by atoms with E-state index in [4.69, 9.17) is 4.74 Å². The van der Waals surface area contributed by atoms with Crippen LogP contribution in [0.1, 0.15) is 45.5 Å². The van der Waals surface area contributed by atoms with Crippen molar-refractivity contribution in [3.63, 3.8) is 0 Å². The normalized spacial score (nSPS) is 14.9. The summed E-state index contributed by atoms with van der Waals surface area (Å²) in [4.78, 5) is 21.2. The molecular formula is C25H29N3O2S2. The van der Waals surface area contributed by atoms with Crippen molar-refractivity contribution < 1.29 is 9.53 Å². The van der Waals surface area contributed by atoms with Gasteiger partial charge in [0.05, 0.1) is 29.4 Å². The van der Waals surface area contributed by atoms with Crippen molar-refractivity contribution in [2.75, 3.05) is 26.7 Å². The fourth-order valence-electron chi connectivity index (χ4n) is 4.12. The van der Waals surface area contributed by atoms with Crippen LogP contribution in [0, 0.1) is 6.92 Å². The molecule has 0 aliphatic carbocycles. The zero-order valence-electron chi connectivity index (χ0n) is 18.5. The van der Waals surface area contributed by atoms with Gasteiger partial charge in [-0.15, -0.1) is 23.1 Å². The molecule has 4 rings (SSSR count). The molecule has 3 aromatic rings. The number of ether oxygens (including phenoxy) is 1. The lowest BCUT2D eigenvalue weighted by Crippen LogP contribution is -2.37. The van der Waals surface area contributed by atoms with Gasteiger partial charge in [-0.1, -0.05) is 30.3 Å². The Bertz CT molecular complexity index is 1050. The average molecular weight is 468 g/mol. The third-order valence-electron chi connectivity index (χ3n) is 5.71. The quantitative estimate of drug-likeness (QED) is 0.432. The third-order valence-corrected chi connectivity index (χ3v) is 7.64. The molecule has 1 N–H and O–H groups in total. The second kappa shape index (κ2) is 11.0. The van der Waals surface area contributed by atoms with Crippen LogP contribution in [0.25, 0.3) is 0 Å². The van der Waals surface area contributed by atoms with Crippen LogP contribution in [0.3, 0.4) is 0 Å². The molecule has 1 aliphatic heterocycles. The Kier molecular flexibility index (Phi) is 7.84. The van der Waals surface area contributed by atoms with Gasteiger partial charge in [-0.3, -0.25) is 9.69 Å². The highest BCUT2D eigenvalue weighted by atomic mass is 32.2. The van der Waals surface area contributed by atoms with Gasteiger partial charge in [0.1, 0.15) is 5.75 Å². The maximum Gasteiger partial charge on any atom is 0.252 e. The zero-order valence-corrected chi connectivity index (χ0v) is 20.2. The van der Waals surface area contributed by atoms with Crippen LogP contribution in [0.4, 0.5) is 0 Å². The summed E-state index contributed by atoms with van der Waals surface area (Å²) in [6.45, 7) is 4.64. The zero-order chi connectivity index (χ0) is 22.3. The van der Waals surface area contributed by atoms with E-state index in [0.29, 0.717) is 12.1 Å². The number of hydrogen-bond acceptors (Lipinski definition) is 6. The molecule has 0 bridgehead atoms. The molecule has 1 atom stereocenters. The molecule has 0 radical (unpaired) electrons. The molecule has 1 saturated heterocycles. The number of aromatic nitrogens is 1. The number of aryl methyl sites for hydroxylation is 1. The molecule has 2 aromatic carbocycles. The molecule has 1 amide bonds. The first-order chi connectivity index (χ1) is 15.7. The van der Waals surface area contributed by atoms with Crippen LogP contribution in [-0.4, -0.2) is 42.5 Å². The Balaban J connectivity index is 1.47. The number of nitrogens with one attached hydrogen (secondary N) is 1. The van der Waals surface area contributed by atoms with Crippen molar-refractivity contribution in [1.29, 1.82) is 0 Å². The first-order valence-electron chi connectivity index (χ1n) is 10.9. The summed E-state index contributed by atoms with van der Waals surface area (Å²) in [7, 11) is 1.70. The molecule has 1 aliphatic rings. The fraction of sp³-hybridized carbons (Fsp3) is 0.360. The predicted molar refractivity (Wildman–Crippen MR) is 132 cm³/mol. The van der Waals surface area contributed by atoms with Crippen molar-refractivity contribution in [3.8, 4) is 5.75 Å². The van der Waals surface area contributed by atoms with Crippen molar-refractivity contribution in [1.82, 2.24) is 15.2 Å². The van der Waals surface area contributed by atoms with Crippen molar-refractivity contribution in [2.24, 2.45) is 0 Å². The number of carbonyl (C=O) groups is 1. The molecule has 7 heteroatoms. The van der Waals surface area contributed by atoms with E-state index in [9.17, 15) is 4.79 Å². The average Bonchev–Trinajstić information content (AvgIpc) is 3.50. The second-order valence-electron chi connectivity index (χ2n) is 7.85. The number of likely N-dealkylation sites (tertiary alicyclic amines) is 1. The summed E-state index contributed by atoms with van der Waals surface area (Å²) in [5, 5.41) is 6.35. The standard InChI is InChI=1S/C25H29N3O2S2/c1-18-27-19(16-31-18)17-32-24-12-6-4-10-21(24)25(29)26-15-22(28-13-7-8-14-28)20-9-3-5-11-23(20)30-2/h3-6,9-12,16,22H,7-8,13-15,17H2,1-2H3,(H,26,29). The molecule has 1 unspecified atom stereocenters. The molecule has 5 nitrogen and oxygen atoms in total. The number of hydrogen-bond donors (Lipinski definition) is 1. The van der Waals surface area contributed by atoms with Gasteiger partial charge < -0.3 is 10.1 Å². The largest absolute Gasteiger partial charge is 0.496 e. The summed E-state index contributed by atoms with van der Waals surface area (Å²) >= 11 is 3.31. The van der Waals surface area contributed by atoms with E-state index in [2.05, 4.69) is 26.6 Å². The van der Waals surface area contributed by atoms with Crippen molar-refractivity contribution >= 4 is 29.0 Å². The lowest BCUT2D eigenvalue weighted by atomic mass is 10.0. The number of rotatable bonds is 9. The Morgan fingerprint density at radius 1 is 1.19 bits per heavy atom. The lowest BCUT2D eigenvalue weighted by Gasteiger charge is -2.29. The topological polar surface area (TPSA) is 54.5 Å². The van der Waals surface area contributed by atoms with E-state index in [1.165, 1.54) is 12.8 Å². The molecule has 1 fully saturated rings. The predicted octanol–water partition coefficient (Wildman–Crippen LogP) is 5.32. The first kappa shape index (κ1) is 22.8. The number of nitrogens with zero attached hydrogens (tertiary/aromatic N) is 2. The van der Waals surface area contributed by atoms with Crippen LogP contribution in [-0.2, 0) is 5.75 Å². The maximum atomic E-state index is 13.2. The molecule has 0 saturated carbocycles. The monoisotopic (exact) mass is 467 g/mol. The number of thioether (sulfide) groups is 1. The van der Waals surface area contributed by atoms with Gasteiger partial charge in [0.25, 0.3) is 5.91 Å². The number of methoxy groups -OCH3 is 1. The summed E-state index contributed by atoms with van der Waals surface area (Å²) in [6.07, 6.45) is 2.38. The van der Waals surface area contributed by atoms with Gasteiger partial charge in [0, 0.05) is 28.1 Å². The highest BCUT2D eigenvalue weighted by Crippen LogP contribution is 2.32. The van der Waals surface area contributed by atoms with Gasteiger partial charge in [-0.05, 0) is 51.1 Å². The third kappa shape index (κ3) is 5.52. The van der Waals surface area contributed by atoms with E-state index in [-0.39, 0.29) is 11.9 Å². The Morgan fingerprint density at radius 3 is 2.69 bits per heavy atom. The summed E-state index contributed by atoms with van der Waals surface area (Å²) in [6, 6.07) is 16.0. The van der Waals surface area contributed by atoms with Gasteiger partial charge in [0.2, 0.25) is 0 Å². The fourth-order valence-corrected chi connectivity index (χ4v) is 5.78. The van der Waals surface area contributed by atoms with Crippen molar-refractivity contribution in [3.05, 3.63) is 75.7 Å². The summed E-state index contributed by atoms with van der Waals surface area (Å²) in [5.41, 5.74) is 2.89. The Labute approximate surface area is 198 Å². The number of benzene rings is 2. The minimum atomic E-state index is -0.0401. The number of amides is 1. The van der Waals surface area contributed by atoms with Crippen molar-refractivity contribution in [2.45, 2.75) is 36.5 Å². The van der Waals surface area contributed by atoms with Gasteiger partial charge in [-0.2, -0.15) is 0 Å². The number of carbonyl (C=O) groups excluding carboxylic acids is 1. The molecule has 32 heavy (non-hydrogen) atoms. The number of thiazole rings is 1. The SMILES string of the molecule is COc1ccccc1C(CNC(=O)c1ccccc1SCc1csc(C)n1)N1CCCC1. The van der Waals surface area contributed by atoms with Crippen LogP contribution in [0.15, 0.2) is 58.8 Å². The highest BCUT2D eigenvalue weighted by molar-refractivity contribution is 7.98. The second-order valence-corrected chi connectivity index (χ2v) is 9.93. The molecule has 0 spiro atoms. The van der Waals surface area contributed by atoms with Crippen LogP contribution in [0.5, 0.6) is 5.75 Å². The van der Waals surface area contributed by atoms with Gasteiger partial charge >= 0.3 is 0 Å². The summed E-state index contributed by atoms with van der Waals surface area (Å²) < 4.78 is 5.62. The Hall–Kier alpha value is -2.35. The van der Waals surface area contributed by atoms with Gasteiger partial charge in [0.15, 0.2) is 0 Å². The minimum absolute atomic E-state index is 0.0401. The van der Waals surface area contributed by atoms with Crippen LogP contribution >= 0.6 is 23.1 Å². The lowest BCUT2D eigenvalue weighted by molar-refractivity contribution is 0.0934. The molecule has 1 aromatic heterocycles. The van der Waals surface area contributed by atoms with Gasteiger partial charge in [-0.25, -0.2) is 4.98 Å². The van der Waals surface area contributed by atoms with E-state index < -0.39 is 0 Å². The minimum Gasteiger partial charge on any atom is -0.496 e. The van der Waals surface area contributed by atoms with E-state index in [1.807, 2.05) is 49.4 Å².